The molecule has 2 heterocycles. The lowest BCUT2D eigenvalue weighted by atomic mass is 9.88. The van der Waals surface area contributed by atoms with Crippen LogP contribution in [-0.2, 0) is 11.3 Å². The van der Waals surface area contributed by atoms with E-state index >= 15 is 0 Å². The van der Waals surface area contributed by atoms with Gasteiger partial charge in [-0.05, 0) is 38.2 Å². The number of hydrogen-bond acceptors (Lipinski definition) is 5. The molecular formula is C25H39N5O2. The van der Waals surface area contributed by atoms with E-state index in [2.05, 4.69) is 83.3 Å². The molecule has 32 heavy (non-hydrogen) atoms. The largest absolute Gasteiger partial charge is 0.381 e. The fourth-order valence-corrected chi connectivity index (χ4v) is 4.37. The lowest BCUT2D eigenvalue weighted by Gasteiger charge is -2.41. The number of nitrogens with zero attached hydrogens (tertiary/aromatic N) is 2. The lowest BCUT2D eigenvalue weighted by molar-refractivity contribution is 0.0355. The minimum Gasteiger partial charge on any atom is -0.381 e. The molecule has 1 saturated heterocycles. The summed E-state index contributed by atoms with van der Waals surface area (Å²) in [6, 6.07) is 12.9. The van der Waals surface area contributed by atoms with Crippen LogP contribution < -0.4 is 16.0 Å². The van der Waals surface area contributed by atoms with Crippen molar-refractivity contribution >= 4 is 5.96 Å². The lowest BCUT2D eigenvalue weighted by Crippen LogP contribution is -2.58. The first-order chi connectivity index (χ1) is 15.6. The Morgan fingerprint density at radius 1 is 1.12 bits per heavy atom. The highest BCUT2D eigenvalue weighted by atomic mass is 16.5. The molecule has 1 fully saturated rings. The second kappa shape index (κ2) is 12.0. The molecule has 0 radical (unpaired) electrons. The molecule has 0 saturated carbocycles. The first-order valence-corrected chi connectivity index (χ1v) is 11.9. The Balaban J connectivity index is 1.57. The van der Waals surface area contributed by atoms with Crippen molar-refractivity contribution in [3.8, 4) is 0 Å². The summed E-state index contributed by atoms with van der Waals surface area (Å²) in [5.74, 6) is 2.04. The maximum atomic E-state index is 5.66. The zero-order valence-electron chi connectivity index (χ0n) is 20.0. The Morgan fingerprint density at radius 2 is 1.84 bits per heavy atom. The molecule has 1 aromatic carbocycles. The SMILES string of the molecule is CCC(CC)c1cc(CNC(=NC)NCC2(NC(C)c3ccccc3)CCOCC2)on1. The van der Waals surface area contributed by atoms with Crippen molar-refractivity contribution in [3.63, 3.8) is 0 Å². The van der Waals surface area contributed by atoms with Crippen molar-refractivity contribution in [1.29, 1.82) is 0 Å². The molecule has 3 rings (SSSR count). The van der Waals surface area contributed by atoms with Crippen LogP contribution in [0.5, 0.6) is 0 Å². The zero-order valence-corrected chi connectivity index (χ0v) is 20.0. The van der Waals surface area contributed by atoms with Crippen molar-refractivity contribution in [2.45, 2.75) is 70.5 Å². The topological polar surface area (TPSA) is 83.7 Å². The van der Waals surface area contributed by atoms with E-state index < -0.39 is 0 Å². The first-order valence-electron chi connectivity index (χ1n) is 11.9. The Morgan fingerprint density at radius 3 is 2.50 bits per heavy atom. The van der Waals surface area contributed by atoms with E-state index in [9.17, 15) is 0 Å². The van der Waals surface area contributed by atoms with Crippen LogP contribution in [0, 0.1) is 0 Å². The van der Waals surface area contributed by atoms with E-state index in [1.807, 2.05) is 0 Å². The molecule has 1 aliphatic rings. The van der Waals surface area contributed by atoms with Crippen LogP contribution in [0.4, 0.5) is 0 Å². The molecule has 0 spiro atoms. The van der Waals surface area contributed by atoms with E-state index in [1.54, 1.807) is 7.05 Å². The number of ether oxygens (including phenoxy) is 1. The van der Waals surface area contributed by atoms with Crippen LogP contribution in [0.25, 0.3) is 0 Å². The molecule has 7 heteroatoms. The van der Waals surface area contributed by atoms with Crippen molar-refractivity contribution in [2.75, 3.05) is 26.8 Å². The number of aromatic nitrogens is 1. The molecule has 3 N–H and O–H groups in total. The summed E-state index contributed by atoms with van der Waals surface area (Å²) in [5, 5.41) is 15.0. The molecule has 7 nitrogen and oxygen atoms in total. The third-order valence-corrected chi connectivity index (χ3v) is 6.50. The minimum absolute atomic E-state index is 0.0555. The first kappa shape index (κ1) is 24.3. The normalized spacial score (nSPS) is 17.3. The molecular weight excluding hydrogens is 402 g/mol. The van der Waals surface area contributed by atoms with Gasteiger partial charge in [-0.1, -0.05) is 49.3 Å². The number of rotatable bonds is 10. The summed E-state index contributed by atoms with van der Waals surface area (Å²) in [6.45, 7) is 9.44. The quantitative estimate of drug-likeness (QED) is 0.380. The van der Waals surface area contributed by atoms with Crippen LogP contribution in [-0.4, -0.2) is 43.5 Å². The van der Waals surface area contributed by atoms with Crippen molar-refractivity contribution in [1.82, 2.24) is 21.1 Å². The molecule has 1 atom stereocenters. The van der Waals surface area contributed by atoms with Gasteiger partial charge < -0.3 is 25.2 Å². The second-order valence-electron chi connectivity index (χ2n) is 8.68. The van der Waals surface area contributed by atoms with Gasteiger partial charge in [0.25, 0.3) is 0 Å². The van der Waals surface area contributed by atoms with Crippen molar-refractivity contribution < 1.29 is 9.26 Å². The highest BCUT2D eigenvalue weighted by Gasteiger charge is 2.34. The van der Waals surface area contributed by atoms with Gasteiger partial charge >= 0.3 is 0 Å². The standard InChI is InChI=1S/C25H39N5O2/c1-5-20(6-2)23-16-22(32-30-23)17-27-24(26-4)28-18-25(12-14-31-15-13-25)29-19(3)21-10-8-7-9-11-21/h7-11,16,19-20,29H,5-6,12-15,17-18H2,1-4H3,(H2,26,27,28). The van der Waals surface area contributed by atoms with Crippen LogP contribution in [0.15, 0.2) is 45.9 Å². The molecule has 0 bridgehead atoms. The Bertz CT molecular complexity index is 826. The van der Waals surface area contributed by atoms with Gasteiger partial charge in [-0.2, -0.15) is 0 Å². The van der Waals surface area contributed by atoms with Gasteiger partial charge in [0, 0.05) is 50.4 Å². The van der Waals surface area contributed by atoms with Gasteiger partial charge in [0.2, 0.25) is 0 Å². The summed E-state index contributed by atoms with van der Waals surface area (Å²) in [6.07, 6.45) is 4.04. The van der Waals surface area contributed by atoms with E-state index in [1.165, 1.54) is 5.56 Å². The Kier molecular flexibility index (Phi) is 9.11. The molecule has 176 valence electrons. The third kappa shape index (κ3) is 6.56. The van der Waals surface area contributed by atoms with E-state index in [0.717, 1.165) is 62.9 Å². The van der Waals surface area contributed by atoms with Gasteiger partial charge in [-0.25, -0.2) is 0 Å². The summed E-state index contributed by atoms with van der Waals surface area (Å²) >= 11 is 0. The second-order valence-corrected chi connectivity index (χ2v) is 8.68. The summed E-state index contributed by atoms with van der Waals surface area (Å²) in [7, 11) is 1.79. The number of hydrogen-bond donors (Lipinski definition) is 3. The maximum Gasteiger partial charge on any atom is 0.191 e. The number of aliphatic imine (C=N–C) groups is 1. The van der Waals surface area contributed by atoms with Gasteiger partial charge in [0.1, 0.15) is 0 Å². The Labute approximate surface area is 192 Å². The van der Waals surface area contributed by atoms with Gasteiger partial charge in [0.15, 0.2) is 11.7 Å². The predicted octanol–water partition coefficient (Wildman–Crippen LogP) is 4.14. The number of nitrogens with one attached hydrogen (secondary N) is 3. The number of benzene rings is 1. The zero-order chi connectivity index (χ0) is 22.8. The molecule has 1 unspecified atom stereocenters. The molecule has 1 aromatic heterocycles. The summed E-state index contributed by atoms with van der Waals surface area (Å²) < 4.78 is 11.2. The van der Waals surface area contributed by atoms with E-state index in [-0.39, 0.29) is 11.6 Å². The monoisotopic (exact) mass is 441 g/mol. The van der Waals surface area contributed by atoms with E-state index in [0.29, 0.717) is 12.5 Å². The maximum absolute atomic E-state index is 5.66. The molecule has 0 aliphatic carbocycles. The van der Waals surface area contributed by atoms with Crippen LogP contribution in [0.3, 0.4) is 0 Å². The molecule has 1 aliphatic heterocycles. The highest BCUT2D eigenvalue weighted by molar-refractivity contribution is 5.79. The third-order valence-electron chi connectivity index (χ3n) is 6.50. The van der Waals surface area contributed by atoms with Crippen molar-refractivity contribution in [3.05, 3.63) is 53.4 Å². The van der Waals surface area contributed by atoms with E-state index in [4.69, 9.17) is 9.26 Å². The van der Waals surface area contributed by atoms with Gasteiger partial charge in [-0.15, -0.1) is 0 Å². The van der Waals surface area contributed by atoms with Crippen LogP contribution >= 0.6 is 0 Å². The number of guanidine groups is 1. The summed E-state index contributed by atoms with van der Waals surface area (Å²) in [4.78, 5) is 4.40. The average Bonchev–Trinajstić information content (AvgIpc) is 3.30. The molecule has 2 aromatic rings. The minimum atomic E-state index is -0.0555. The smallest absolute Gasteiger partial charge is 0.191 e. The van der Waals surface area contributed by atoms with Gasteiger partial charge in [-0.3, -0.25) is 4.99 Å². The van der Waals surface area contributed by atoms with Crippen LogP contribution in [0.1, 0.15) is 75.4 Å². The van der Waals surface area contributed by atoms with Crippen LogP contribution in [0.2, 0.25) is 0 Å². The summed E-state index contributed by atoms with van der Waals surface area (Å²) in [5.41, 5.74) is 2.27. The fourth-order valence-electron chi connectivity index (χ4n) is 4.37. The highest BCUT2D eigenvalue weighted by Crippen LogP contribution is 2.25. The Hall–Kier alpha value is -2.38. The van der Waals surface area contributed by atoms with Gasteiger partial charge in [0.05, 0.1) is 12.2 Å². The molecule has 0 amide bonds. The predicted molar refractivity (Wildman–Crippen MR) is 129 cm³/mol. The van der Waals surface area contributed by atoms with Crippen molar-refractivity contribution in [2.24, 2.45) is 4.99 Å². The fraction of sp³-hybridized carbons (Fsp3) is 0.600. The average molecular weight is 442 g/mol.